The van der Waals surface area contributed by atoms with Crippen molar-refractivity contribution in [2.24, 2.45) is 0 Å². The van der Waals surface area contributed by atoms with Crippen LogP contribution < -0.4 is 20.9 Å². The number of hydrogen-bond donors (Lipinski definition) is 3. The van der Waals surface area contributed by atoms with Crippen LogP contribution in [-0.2, 0) is 0 Å². The molecule has 3 amide bonds. The van der Waals surface area contributed by atoms with Crippen LogP contribution in [0.15, 0.2) is 36.4 Å². The maximum Gasteiger partial charge on any atom is 0.323 e. The second-order valence-corrected chi connectivity index (χ2v) is 9.22. The zero-order chi connectivity index (χ0) is 22.5. The van der Waals surface area contributed by atoms with E-state index in [1.165, 1.54) is 6.42 Å². The summed E-state index contributed by atoms with van der Waals surface area (Å²) in [6, 6.07) is 10.2. The largest absolute Gasteiger partial charge is 0.371 e. The zero-order valence-electron chi connectivity index (χ0n) is 17.9. The lowest BCUT2D eigenvalue weighted by Crippen LogP contribution is -2.37. The second-order valence-electron chi connectivity index (χ2n) is 8.41. The number of hydrogen-bond acceptors (Lipinski definition) is 3. The molecule has 4 rings (SSSR count). The van der Waals surface area contributed by atoms with E-state index >= 15 is 0 Å². The van der Waals surface area contributed by atoms with Gasteiger partial charge in [-0.05, 0) is 56.0 Å². The predicted molar refractivity (Wildman–Crippen MR) is 131 cm³/mol. The van der Waals surface area contributed by atoms with Crippen LogP contribution >= 0.6 is 23.2 Å². The first-order chi connectivity index (χ1) is 15.5. The van der Waals surface area contributed by atoms with E-state index in [9.17, 15) is 9.59 Å². The molecule has 0 unspecified atom stereocenters. The van der Waals surface area contributed by atoms with Gasteiger partial charge in [0.15, 0.2) is 0 Å². The van der Waals surface area contributed by atoms with Crippen molar-refractivity contribution in [1.82, 2.24) is 5.32 Å². The van der Waals surface area contributed by atoms with Crippen molar-refractivity contribution < 1.29 is 9.59 Å². The highest BCUT2D eigenvalue weighted by molar-refractivity contribution is 6.39. The Hall–Kier alpha value is -2.44. The van der Waals surface area contributed by atoms with Gasteiger partial charge in [0.2, 0.25) is 0 Å². The van der Waals surface area contributed by atoms with Gasteiger partial charge in [0.1, 0.15) is 0 Å². The fraction of sp³-hybridized carbons (Fsp3) is 0.417. The zero-order valence-corrected chi connectivity index (χ0v) is 19.4. The van der Waals surface area contributed by atoms with E-state index in [1.54, 1.807) is 24.3 Å². The van der Waals surface area contributed by atoms with E-state index < -0.39 is 6.03 Å². The summed E-state index contributed by atoms with van der Waals surface area (Å²) in [6.45, 7) is 1.87. The maximum absolute atomic E-state index is 13.2. The Morgan fingerprint density at radius 2 is 1.56 bits per heavy atom. The molecular weight excluding hydrogens is 447 g/mol. The number of nitrogens with one attached hydrogen (secondary N) is 3. The summed E-state index contributed by atoms with van der Waals surface area (Å²) < 4.78 is 0. The molecule has 170 valence electrons. The number of nitrogens with zero attached hydrogens (tertiary/aromatic N) is 1. The number of rotatable bonds is 5. The number of anilines is 3. The molecule has 2 aliphatic rings. The second kappa shape index (κ2) is 10.5. The van der Waals surface area contributed by atoms with E-state index in [0.717, 1.165) is 57.3 Å². The van der Waals surface area contributed by atoms with Crippen molar-refractivity contribution in [3.05, 3.63) is 52.0 Å². The van der Waals surface area contributed by atoms with Crippen LogP contribution in [0.2, 0.25) is 10.0 Å². The van der Waals surface area contributed by atoms with Gasteiger partial charge in [-0.15, -0.1) is 0 Å². The van der Waals surface area contributed by atoms with Crippen LogP contribution in [0, 0.1) is 0 Å². The molecule has 0 atom stereocenters. The summed E-state index contributed by atoms with van der Waals surface area (Å²) in [4.78, 5) is 28.0. The molecule has 6 nitrogen and oxygen atoms in total. The molecule has 2 aromatic rings. The van der Waals surface area contributed by atoms with Gasteiger partial charge in [-0.1, -0.05) is 48.5 Å². The normalized spacial score (nSPS) is 16.6. The average Bonchev–Trinajstić information content (AvgIpc) is 3.32. The standard InChI is InChI=1S/C24H28Cl2N4O2/c25-19-9-6-10-20(26)22(19)29-24(32)28-17-11-12-21(30-13-4-5-14-30)18(15-17)23(31)27-16-7-2-1-3-8-16/h6,9-12,15-16H,1-5,7-8,13-14H2,(H,27,31)(H2,28,29,32). The van der Waals surface area contributed by atoms with Crippen molar-refractivity contribution in [2.45, 2.75) is 51.0 Å². The maximum atomic E-state index is 13.2. The number of carbonyl (C=O) groups is 2. The Morgan fingerprint density at radius 1 is 0.875 bits per heavy atom. The number of halogens is 2. The minimum Gasteiger partial charge on any atom is -0.371 e. The van der Waals surface area contributed by atoms with Gasteiger partial charge in [0.05, 0.1) is 21.3 Å². The number of para-hydroxylation sites is 1. The van der Waals surface area contributed by atoms with Crippen LogP contribution in [0.4, 0.5) is 21.9 Å². The van der Waals surface area contributed by atoms with Gasteiger partial charge in [-0.25, -0.2) is 4.79 Å². The third kappa shape index (κ3) is 5.48. The monoisotopic (exact) mass is 474 g/mol. The third-order valence-corrected chi connectivity index (χ3v) is 6.72. The quantitative estimate of drug-likeness (QED) is 0.475. The van der Waals surface area contributed by atoms with Gasteiger partial charge < -0.3 is 20.9 Å². The molecule has 8 heteroatoms. The summed E-state index contributed by atoms with van der Waals surface area (Å²) in [6.07, 6.45) is 7.80. The van der Waals surface area contributed by atoms with E-state index in [4.69, 9.17) is 23.2 Å². The topological polar surface area (TPSA) is 73.5 Å². The number of urea groups is 1. The summed E-state index contributed by atoms with van der Waals surface area (Å²) in [7, 11) is 0. The molecule has 1 aliphatic heterocycles. The molecule has 0 radical (unpaired) electrons. The minimum absolute atomic E-state index is 0.0861. The lowest BCUT2D eigenvalue weighted by Gasteiger charge is -2.26. The Balaban J connectivity index is 1.52. The van der Waals surface area contributed by atoms with Gasteiger partial charge in [-0.3, -0.25) is 4.79 Å². The first kappa shape index (κ1) is 22.7. The van der Waals surface area contributed by atoms with Crippen LogP contribution in [-0.4, -0.2) is 31.1 Å². The Bertz CT molecular complexity index is 966. The Labute approximate surface area is 198 Å². The van der Waals surface area contributed by atoms with Crippen LogP contribution in [0.5, 0.6) is 0 Å². The number of carbonyl (C=O) groups excluding carboxylic acids is 2. The van der Waals surface area contributed by atoms with Crippen LogP contribution in [0.1, 0.15) is 55.3 Å². The van der Waals surface area contributed by atoms with Crippen molar-refractivity contribution in [3.8, 4) is 0 Å². The predicted octanol–water partition coefficient (Wildman–Crippen LogP) is 6.30. The molecule has 0 spiro atoms. The van der Waals surface area contributed by atoms with Gasteiger partial charge in [0.25, 0.3) is 5.91 Å². The molecule has 2 fully saturated rings. The van der Waals surface area contributed by atoms with E-state index in [1.807, 2.05) is 12.1 Å². The van der Waals surface area contributed by atoms with Crippen LogP contribution in [0.3, 0.4) is 0 Å². The van der Waals surface area contributed by atoms with E-state index in [-0.39, 0.29) is 11.9 Å². The minimum atomic E-state index is -0.479. The molecule has 32 heavy (non-hydrogen) atoms. The van der Waals surface area contributed by atoms with E-state index in [2.05, 4.69) is 20.9 Å². The SMILES string of the molecule is O=C(Nc1ccc(N2CCCC2)c(C(=O)NC2CCCCC2)c1)Nc1c(Cl)cccc1Cl. The van der Waals surface area contributed by atoms with Gasteiger partial charge in [-0.2, -0.15) is 0 Å². The molecular formula is C24H28Cl2N4O2. The van der Waals surface area contributed by atoms with Crippen LogP contribution in [0.25, 0.3) is 0 Å². The molecule has 0 bridgehead atoms. The number of benzene rings is 2. The summed E-state index contributed by atoms with van der Waals surface area (Å²) in [5.41, 5.74) is 2.38. The average molecular weight is 475 g/mol. The summed E-state index contributed by atoms with van der Waals surface area (Å²) in [5.74, 6) is -0.0861. The lowest BCUT2D eigenvalue weighted by molar-refractivity contribution is 0.0928. The van der Waals surface area contributed by atoms with Gasteiger partial charge in [0, 0.05) is 30.5 Å². The molecule has 3 N–H and O–H groups in total. The third-order valence-electron chi connectivity index (χ3n) is 6.09. The van der Waals surface area contributed by atoms with Crippen molar-refractivity contribution in [1.29, 1.82) is 0 Å². The summed E-state index contributed by atoms with van der Waals surface area (Å²) >= 11 is 12.3. The van der Waals surface area contributed by atoms with Crippen molar-refractivity contribution in [2.75, 3.05) is 28.6 Å². The first-order valence-electron chi connectivity index (χ1n) is 11.2. The molecule has 1 aliphatic carbocycles. The fourth-order valence-electron chi connectivity index (χ4n) is 4.43. The molecule has 0 aromatic heterocycles. The molecule has 1 saturated heterocycles. The fourth-order valence-corrected chi connectivity index (χ4v) is 4.92. The smallest absolute Gasteiger partial charge is 0.323 e. The molecule has 1 heterocycles. The van der Waals surface area contributed by atoms with Crippen molar-refractivity contribution in [3.63, 3.8) is 0 Å². The Morgan fingerprint density at radius 3 is 2.25 bits per heavy atom. The highest BCUT2D eigenvalue weighted by Gasteiger charge is 2.23. The van der Waals surface area contributed by atoms with Gasteiger partial charge >= 0.3 is 6.03 Å². The number of amides is 3. The molecule has 2 aromatic carbocycles. The molecule has 1 saturated carbocycles. The highest BCUT2D eigenvalue weighted by atomic mass is 35.5. The lowest BCUT2D eigenvalue weighted by atomic mass is 9.95. The highest BCUT2D eigenvalue weighted by Crippen LogP contribution is 2.31. The summed E-state index contributed by atoms with van der Waals surface area (Å²) in [5, 5.41) is 9.39. The first-order valence-corrected chi connectivity index (χ1v) is 12.0. The van der Waals surface area contributed by atoms with Crippen molar-refractivity contribution >= 4 is 52.2 Å². The Kier molecular flexibility index (Phi) is 7.43. The van der Waals surface area contributed by atoms with E-state index in [0.29, 0.717) is 27.0 Å².